The molecule has 0 N–H and O–H groups in total. The molecule has 0 aliphatic heterocycles. The smallest absolute Gasteiger partial charge is 0.125 e. The Hall–Kier alpha value is -1.96. The number of hydrogen-bond acceptors (Lipinski definition) is 2. The first-order chi connectivity index (χ1) is 10.2. The van der Waals surface area contributed by atoms with Crippen molar-refractivity contribution in [3.63, 3.8) is 0 Å². The van der Waals surface area contributed by atoms with E-state index in [1.165, 1.54) is 16.7 Å². The van der Waals surface area contributed by atoms with Crippen LogP contribution in [-0.2, 0) is 0 Å². The monoisotopic (exact) mass is 284 g/mol. The third kappa shape index (κ3) is 4.82. The van der Waals surface area contributed by atoms with Crippen molar-refractivity contribution >= 4 is 0 Å². The minimum Gasteiger partial charge on any atom is -0.494 e. The molecule has 0 saturated carbocycles. The summed E-state index contributed by atoms with van der Waals surface area (Å²) in [5.74, 6) is 1.97. The van der Waals surface area contributed by atoms with Gasteiger partial charge in [-0.1, -0.05) is 35.9 Å². The third-order valence-electron chi connectivity index (χ3n) is 3.40. The van der Waals surface area contributed by atoms with Crippen LogP contribution in [0.25, 0.3) is 0 Å². The molecule has 2 aromatic carbocycles. The molecular weight excluding hydrogens is 260 g/mol. The first-order valence-electron chi connectivity index (χ1n) is 7.55. The lowest BCUT2D eigenvalue weighted by Gasteiger charge is -2.13. The Kier molecular flexibility index (Phi) is 5.68. The molecule has 0 unspecified atom stereocenters. The maximum atomic E-state index is 5.92. The Bertz CT molecular complexity index is 538. The summed E-state index contributed by atoms with van der Waals surface area (Å²) in [4.78, 5) is 0. The number of ether oxygens (including phenoxy) is 2. The van der Waals surface area contributed by atoms with Gasteiger partial charge in [0.25, 0.3) is 0 Å². The number of aryl methyl sites for hydroxylation is 3. The maximum absolute atomic E-state index is 5.92. The van der Waals surface area contributed by atoms with E-state index in [0.717, 1.165) is 37.6 Å². The van der Waals surface area contributed by atoms with E-state index in [2.05, 4.69) is 32.9 Å². The fraction of sp³-hybridized carbons (Fsp3) is 0.368. The normalized spacial score (nSPS) is 10.4. The summed E-state index contributed by atoms with van der Waals surface area (Å²) in [5, 5.41) is 0. The van der Waals surface area contributed by atoms with Crippen molar-refractivity contribution in [1.29, 1.82) is 0 Å². The molecule has 0 atom stereocenters. The van der Waals surface area contributed by atoms with Crippen LogP contribution < -0.4 is 9.47 Å². The molecule has 0 aromatic heterocycles. The molecular formula is C19H24O2. The third-order valence-corrected chi connectivity index (χ3v) is 3.40. The van der Waals surface area contributed by atoms with Gasteiger partial charge >= 0.3 is 0 Å². The molecule has 0 bridgehead atoms. The number of benzene rings is 2. The standard InChI is InChI=1S/C19H24O2/c1-15-13-16(2)19(17(3)14-15)21-12-8-7-11-20-18-9-5-4-6-10-18/h4-6,9-10,13-14H,7-8,11-12H2,1-3H3. The van der Waals surface area contributed by atoms with Crippen LogP contribution in [0, 0.1) is 20.8 Å². The summed E-state index contributed by atoms with van der Waals surface area (Å²) >= 11 is 0. The highest BCUT2D eigenvalue weighted by molar-refractivity contribution is 5.42. The fourth-order valence-electron chi connectivity index (χ4n) is 2.48. The van der Waals surface area contributed by atoms with Crippen molar-refractivity contribution < 1.29 is 9.47 Å². The van der Waals surface area contributed by atoms with E-state index in [4.69, 9.17) is 9.47 Å². The predicted molar refractivity (Wildman–Crippen MR) is 87.3 cm³/mol. The quantitative estimate of drug-likeness (QED) is 0.677. The van der Waals surface area contributed by atoms with Crippen LogP contribution >= 0.6 is 0 Å². The number of para-hydroxylation sites is 1. The van der Waals surface area contributed by atoms with Crippen LogP contribution in [0.3, 0.4) is 0 Å². The van der Waals surface area contributed by atoms with Crippen molar-refractivity contribution in [3.8, 4) is 11.5 Å². The van der Waals surface area contributed by atoms with Gasteiger partial charge in [-0.2, -0.15) is 0 Å². The lowest BCUT2D eigenvalue weighted by molar-refractivity contribution is 0.265. The second kappa shape index (κ2) is 7.72. The van der Waals surface area contributed by atoms with Gasteiger partial charge in [0, 0.05) is 0 Å². The van der Waals surface area contributed by atoms with Gasteiger partial charge in [-0.15, -0.1) is 0 Å². The molecule has 2 aromatic rings. The molecule has 2 rings (SSSR count). The molecule has 21 heavy (non-hydrogen) atoms. The summed E-state index contributed by atoms with van der Waals surface area (Å²) in [6, 6.07) is 14.3. The Morgan fingerprint density at radius 2 is 1.33 bits per heavy atom. The zero-order valence-electron chi connectivity index (χ0n) is 13.2. The molecule has 2 heteroatoms. The molecule has 0 spiro atoms. The van der Waals surface area contributed by atoms with Gasteiger partial charge in [0.1, 0.15) is 11.5 Å². The summed E-state index contributed by atoms with van der Waals surface area (Å²) in [6.45, 7) is 7.80. The van der Waals surface area contributed by atoms with Crippen molar-refractivity contribution in [3.05, 3.63) is 59.2 Å². The summed E-state index contributed by atoms with van der Waals surface area (Å²) in [6.07, 6.45) is 2.00. The van der Waals surface area contributed by atoms with Gasteiger partial charge in [0.05, 0.1) is 13.2 Å². The number of rotatable bonds is 7. The van der Waals surface area contributed by atoms with Crippen LogP contribution in [0.2, 0.25) is 0 Å². The molecule has 0 fully saturated rings. The number of hydrogen-bond donors (Lipinski definition) is 0. The Morgan fingerprint density at radius 3 is 1.95 bits per heavy atom. The lowest BCUT2D eigenvalue weighted by atomic mass is 10.1. The van der Waals surface area contributed by atoms with Crippen molar-refractivity contribution in [2.75, 3.05) is 13.2 Å². The average molecular weight is 284 g/mol. The van der Waals surface area contributed by atoms with Gasteiger partial charge in [-0.25, -0.2) is 0 Å². The van der Waals surface area contributed by atoms with Crippen LogP contribution in [0.15, 0.2) is 42.5 Å². The van der Waals surface area contributed by atoms with Gasteiger partial charge in [-0.05, 0) is 56.9 Å². The highest BCUT2D eigenvalue weighted by Crippen LogP contribution is 2.24. The van der Waals surface area contributed by atoms with Crippen LogP contribution in [0.4, 0.5) is 0 Å². The molecule has 0 aliphatic rings. The molecule has 0 amide bonds. The van der Waals surface area contributed by atoms with Gasteiger partial charge in [0.15, 0.2) is 0 Å². The topological polar surface area (TPSA) is 18.5 Å². The Balaban J connectivity index is 1.68. The van der Waals surface area contributed by atoms with Gasteiger partial charge in [0.2, 0.25) is 0 Å². The second-order valence-corrected chi connectivity index (χ2v) is 5.44. The van der Waals surface area contributed by atoms with E-state index < -0.39 is 0 Å². The Labute approximate surface area is 127 Å². The second-order valence-electron chi connectivity index (χ2n) is 5.44. The predicted octanol–water partition coefficient (Wildman–Crippen LogP) is 4.85. The molecule has 0 heterocycles. The summed E-state index contributed by atoms with van der Waals surface area (Å²) in [5.41, 5.74) is 3.72. The molecule has 112 valence electrons. The molecule has 0 radical (unpaired) electrons. The van der Waals surface area contributed by atoms with Crippen molar-refractivity contribution in [2.45, 2.75) is 33.6 Å². The fourth-order valence-corrected chi connectivity index (χ4v) is 2.48. The van der Waals surface area contributed by atoms with E-state index in [0.29, 0.717) is 0 Å². The van der Waals surface area contributed by atoms with Crippen molar-refractivity contribution in [1.82, 2.24) is 0 Å². The highest BCUT2D eigenvalue weighted by atomic mass is 16.5. The first-order valence-corrected chi connectivity index (χ1v) is 7.55. The number of unbranched alkanes of at least 4 members (excludes halogenated alkanes) is 1. The minimum absolute atomic E-state index is 0.735. The SMILES string of the molecule is Cc1cc(C)c(OCCCCOc2ccccc2)c(C)c1. The Morgan fingerprint density at radius 1 is 0.762 bits per heavy atom. The van der Waals surface area contributed by atoms with E-state index >= 15 is 0 Å². The van der Waals surface area contributed by atoms with Crippen LogP contribution in [0.1, 0.15) is 29.5 Å². The first kappa shape index (κ1) is 15.4. The van der Waals surface area contributed by atoms with E-state index in [1.807, 2.05) is 30.3 Å². The lowest BCUT2D eigenvalue weighted by Crippen LogP contribution is -2.04. The van der Waals surface area contributed by atoms with E-state index in [9.17, 15) is 0 Å². The van der Waals surface area contributed by atoms with E-state index in [1.54, 1.807) is 0 Å². The molecule has 2 nitrogen and oxygen atoms in total. The minimum atomic E-state index is 0.735. The van der Waals surface area contributed by atoms with Crippen LogP contribution in [0.5, 0.6) is 11.5 Å². The summed E-state index contributed by atoms with van der Waals surface area (Å²) in [7, 11) is 0. The molecule has 0 saturated heterocycles. The van der Waals surface area contributed by atoms with Crippen LogP contribution in [-0.4, -0.2) is 13.2 Å². The summed E-state index contributed by atoms with van der Waals surface area (Å²) < 4.78 is 11.6. The van der Waals surface area contributed by atoms with E-state index in [-0.39, 0.29) is 0 Å². The van der Waals surface area contributed by atoms with Gasteiger partial charge < -0.3 is 9.47 Å². The maximum Gasteiger partial charge on any atom is 0.125 e. The molecule has 0 aliphatic carbocycles. The van der Waals surface area contributed by atoms with Crippen molar-refractivity contribution in [2.24, 2.45) is 0 Å². The zero-order valence-corrected chi connectivity index (χ0v) is 13.2. The highest BCUT2D eigenvalue weighted by Gasteiger charge is 2.04. The average Bonchev–Trinajstić information content (AvgIpc) is 2.45. The van der Waals surface area contributed by atoms with Gasteiger partial charge in [-0.3, -0.25) is 0 Å². The zero-order chi connectivity index (χ0) is 15.1. The largest absolute Gasteiger partial charge is 0.494 e.